The molecule has 0 saturated heterocycles. The van der Waals surface area contributed by atoms with Gasteiger partial charge in [-0.25, -0.2) is 0 Å². The first-order valence-corrected chi connectivity index (χ1v) is 27.7. The smallest absolute Gasteiger partial charge is 0.0714 e. The number of benzene rings is 12. The van der Waals surface area contributed by atoms with Gasteiger partial charge in [-0.1, -0.05) is 231 Å². The molecule has 0 radical (unpaired) electrons. The first-order chi connectivity index (χ1) is 37.7. The largest absolute Gasteiger partial charge is 0.310 e. The molecule has 1 aliphatic rings. The second-order valence-corrected chi connectivity index (χ2v) is 22.0. The zero-order valence-electron chi connectivity index (χ0n) is 41.4. The molecule has 14 aromatic rings. The molecule has 0 N–H and O–H groups in total. The number of hydrogen-bond donors (Lipinski definition) is 0. The number of rotatable bonds is 9. The molecule has 0 bridgehead atoms. The summed E-state index contributed by atoms with van der Waals surface area (Å²) in [7, 11) is 0. The van der Waals surface area contributed by atoms with Crippen LogP contribution < -0.4 is 4.90 Å². The highest BCUT2D eigenvalue weighted by Crippen LogP contribution is 2.59. The third-order valence-corrected chi connectivity index (χ3v) is 18.2. The summed E-state index contributed by atoms with van der Waals surface area (Å²) < 4.78 is 5.30. The Morgan fingerprint density at radius 1 is 0.276 bits per heavy atom. The summed E-state index contributed by atoms with van der Waals surface area (Å²) in [6, 6.07) is 106. The normalized spacial score (nSPS) is 12.6. The number of hydrogen-bond acceptors (Lipinski definition) is 3. The van der Waals surface area contributed by atoms with Crippen molar-refractivity contribution in [2.75, 3.05) is 4.90 Å². The number of thiophene rings is 2. The molecule has 0 unspecified atom stereocenters. The zero-order chi connectivity index (χ0) is 50.2. The van der Waals surface area contributed by atoms with Crippen LogP contribution in [0.1, 0.15) is 22.3 Å². The second-order valence-electron chi connectivity index (χ2n) is 19.9. The molecular weight excluding hydrogens is 955 g/mol. The number of fused-ring (bicyclic) bond motifs is 9. The van der Waals surface area contributed by atoms with Crippen molar-refractivity contribution in [1.29, 1.82) is 0 Å². The standard InChI is InChI=1S/C73H47NS2/c1-3-22-54(23-4-1)73(55-24-5-2-6-25-55)65-33-10-7-28-64(65)70-66(73)34-17-35-67(70)74(56-42-38-48(39-43-56)50-18-13-20-52(46-50)58-29-15-31-62-60-26-8-11-36-68(60)75-71(58)62)57-44-40-49(41-45-57)51-19-14-21-53(47-51)59-30-16-32-63-61-27-9-12-37-69(61)76-72(59)63/h1-47H. The molecule has 0 atom stereocenters. The summed E-state index contributed by atoms with van der Waals surface area (Å²) in [4.78, 5) is 2.48. The van der Waals surface area contributed by atoms with Gasteiger partial charge in [-0.15, -0.1) is 22.7 Å². The van der Waals surface area contributed by atoms with Crippen LogP contribution in [-0.2, 0) is 5.41 Å². The summed E-state index contributed by atoms with van der Waals surface area (Å²) in [5.41, 5.74) is 20.0. The van der Waals surface area contributed by atoms with Crippen molar-refractivity contribution in [2.24, 2.45) is 0 Å². The Kier molecular flexibility index (Phi) is 10.6. The van der Waals surface area contributed by atoms with E-state index in [1.54, 1.807) is 0 Å². The van der Waals surface area contributed by atoms with Gasteiger partial charge in [-0.3, -0.25) is 0 Å². The van der Waals surface area contributed by atoms with E-state index in [1.165, 1.54) is 118 Å². The second kappa shape index (κ2) is 18.1. The predicted molar refractivity (Wildman–Crippen MR) is 326 cm³/mol. The van der Waals surface area contributed by atoms with Gasteiger partial charge in [0.25, 0.3) is 0 Å². The van der Waals surface area contributed by atoms with Gasteiger partial charge in [-0.05, 0) is 127 Å². The molecule has 0 aliphatic heterocycles. The first-order valence-electron chi connectivity index (χ1n) is 26.1. The van der Waals surface area contributed by atoms with Gasteiger partial charge >= 0.3 is 0 Å². The van der Waals surface area contributed by atoms with Crippen molar-refractivity contribution in [2.45, 2.75) is 5.41 Å². The molecule has 0 amide bonds. The van der Waals surface area contributed by atoms with Crippen LogP contribution in [0.5, 0.6) is 0 Å². The van der Waals surface area contributed by atoms with E-state index in [9.17, 15) is 0 Å². The monoisotopic (exact) mass is 1000 g/mol. The summed E-state index contributed by atoms with van der Waals surface area (Å²) in [6.45, 7) is 0. The summed E-state index contributed by atoms with van der Waals surface area (Å²) in [6.07, 6.45) is 0. The van der Waals surface area contributed by atoms with Crippen molar-refractivity contribution in [3.05, 3.63) is 307 Å². The van der Waals surface area contributed by atoms with E-state index < -0.39 is 5.41 Å². The van der Waals surface area contributed by atoms with Gasteiger partial charge in [0.05, 0.1) is 11.1 Å². The van der Waals surface area contributed by atoms with E-state index in [-0.39, 0.29) is 0 Å². The minimum atomic E-state index is -0.528. The van der Waals surface area contributed by atoms with Gasteiger partial charge in [-0.2, -0.15) is 0 Å². The lowest BCUT2D eigenvalue weighted by Gasteiger charge is -2.34. The van der Waals surface area contributed by atoms with Gasteiger partial charge in [0.2, 0.25) is 0 Å². The molecule has 3 heteroatoms. The van der Waals surface area contributed by atoms with Crippen molar-refractivity contribution in [3.63, 3.8) is 0 Å². The maximum Gasteiger partial charge on any atom is 0.0714 e. The van der Waals surface area contributed by atoms with E-state index in [4.69, 9.17) is 0 Å². The highest BCUT2D eigenvalue weighted by molar-refractivity contribution is 7.26. The van der Waals surface area contributed by atoms with E-state index in [2.05, 4.69) is 290 Å². The quantitative estimate of drug-likeness (QED) is 0.139. The van der Waals surface area contributed by atoms with Crippen LogP contribution in [0.15, 0.2) is 285 Å². The minimum absolute atomic E-state index is 0.528. The van der Waals surface area contributed by atoms with E-state index in [0.29, 0.717) is 0 Å². The Morgan fingerprint density at radius 2 is 0.684 bits per heavy atom. The Morgan fingerprint density at radius 3 is 1.22 bits per heavy atom. The number of nitrogens with zero attached hydrogens (tertiary/aromatic N) is 1. The molecule has 0 spiro atoms. The van der Waals surface area contributed by atoms with Crippen LogP contribution in [0.25, 0.3) is 96.0 Å². The molecule has 12 aromatic carbocycles. The molecule has 2 heterocycles. The molecule has 15 rings (SSSR count). The fraction of sp³-hybridized carbons (Fsp3) is 0.0137. The van der Waals surface area contributed by atoms with E-state index >= 15 is 0 Å². The molecule has 356 valence electrons. The maximum atomic E-state index is 2.48. The Labute approximate surface area is 450 Å². The average molecular weight is 1000 g/mol. The Hall–Kier alpha value is -9.12. The third-order valence-electron chi connectivity index (χ3n) is 15.8. The lowest BCUT2D eigenvalue weighted by atomic mass is 9.68. The zero-order valence-corrected chi connectivity index (χ0v) is 43.0. The minimum Gasteiger partial charge on any atom is -0.310 e. The fourth-order valence-electron chi connectivity index (χ4n) is 12.4. The van der Waals surface area contributed by atoms with Crippen molar-refractivity contribution < 1.29 is 0 Å². The van der Waals surface area contributed by atoms with Crippen LogP contribution in [0.2, 0.25) is 0 Å². The SMILES string of the molecule is c1ccc(C2(c3ccccc3)c3ccccc3-c3c(N(c4ccc(-c5cccc(-c6cccc7c6sc6ccccc67)c5)cc4)c4ccc(-c5cccc(-c6cccc7c6sc6ccccc67)c5)cc4)cccc32)cc1. The predicted octanol–water partition coefficient (Wildman–Crippen LogP) is 20.9. The van der Waals surface area contributed by atoms with Crippen molar-refractivity contribution in [1.82, 2.24) is 0 Å². The third kappa shape index (κ3) is 7.04. The lowest BCUT2D eigenvalue weighted by Crippen LogP contribution is -2.28. The molecule has 76 heavy (non-hydrogen) atoms. The van der Waals surface area contributed by atoms with Gasteiger partial charge < -0.3 is 4.90 Å². The summed E-state index contributed by atoms with van der Waals surface area (Å²) in [5.74, 6) is 0. The van der Waals surface area contributed by atoms with Crippen LogP contribution in [0.4, 0.5) is 17.1 Å². The molecule has 1 nitrogen and oxygen atoms in total. The van der Waals surface area contributed by atoms with Crippen molar-refractivity contribution >= 4 is 80.1 Å². The van der Waals surface area contributed by atoms with Crippen LogP contribution in [0.3, 0.4) is 0 Å². The Balaban J connectivity index is 0.869. The first kappa shape index (κ1) is 44.4. The number of anilines is 3. The van der Waals surface area contributed by atoms with Crippen molar-refractivity contribution in [3.8, 4) is 55.6 Å². The Bertz CT molecular complexity index is 4270. The topological polar surface area (TPSA) is 3.24 Å². The van der Waals surface area contributed by atoms with Gasteiger partial charge in [0, 0.05) is 57.3 Å². The average Bonchev–Trinajstić information content (AvgIpc) is 4.22. The summed E-state index contributed by atoms with van der Waals surface area (Å²) in [5, 5.41) is 5.27. The van der Waals surface area contributed by atoms with E-state index in [1.807, 2.05) is 22.7 Å². The highest BCUT2D eigenvalue weighted by atomic mass is 32.1. The molecule has 0 saturated carbocycles. The summed E-state index contributed by atoms with van der Waals surface area (Å²) >= 11 is 3.76. The molecular formula is C73H47NS2. The molecule has 1 aliphatic carbocycles. The van der Waals surface area contributed by atoms with E-state index in [0.717, 1.165) is 17.1 Å². The highest BCUT2D eigenvalue weighted by Gasteiger charge is 2.47. The molecule has 2 aromatic heterocycles. The maximum absolute atomic E-state index is 2.48. The van der Waals surface area contributed by atoms with Gasteiger partial charge in [0.15, 0.2) is 0 Å². The van der Waals surface area contributed by atoms with Crippen LogP contribution >= 0.6 is 22.7 Å². The molecule has 0 fully saturated rings. The fourth-order valence-corrected chi connectivity index (χ4v) is 14.9. The van der Waals surface area contributed by atoms with Crippen LogP contribution in [-0.4, -0.2) is 0 Å². The lowest BCUT2D eigenvalue weighted by molar-refractivity contribution is 0.768. The van der Waals surface area contributed by atoms with Gasteiger partial charge in [0.1, 0.15) is 0 Å². The van der Waals surface area contributed by atoms with Crippen LogP contribution in [0, 0.1) is 0 Å².